The van der Waals surface area contributed by atoms with Crippen LogP contribution in [0.2, 0.25) is 0 Å². The fraction of sp³-hybridized carbons (Fsp3) is 0.147. The van der Waals surface area contributed by atoms with Crippen LogP contribution in [0.1, 0.15) is 16.7 Å². The first-order valence-electron chi connectivity index (χ1n) is 12.4. The van der Waals surface area contributed by atoms with Gasteiger partial charge in [-0.05, 0) is 69.8 Å². The Morgan fingerprint density at radius 1 is 0.639 bits per heavy atom. The summed E-state index contributed by atoms with van der Waals surface area (Å²) >= 11 is 0. The zero-order valence-electron chi connectivity index (χ0n) is 22.0. The Bertz CT molecular complexity index is 1350. The van der Waals surface area contributed by atoms with Gasteiger partial charge in [0.25, 0.3) is 0 Å². The maximum absolute atomic E-state index is 2.23. The van der Waals surface area contributed by atoms with Crippen LogP contribution in [0.3, 0.4) is 0 Å². The Morgan fingerprint density at radius 2 is 1.17 bits per heavy atom. The van der Waals surface area contributed by atoms with Gasteiger partial charge in [-0.1, -0.05) is 78.9 Å². The van der Waals surface area contributed by atoms with Gasteiger partial charge in [0.1, 0.15) is 19.8 Å². The van der Waals surface area contributed by atoms with Gasteiger partial charge in [-0.15, -0.1) is 0 Å². The van der Waals surface area contributed by atoms with E-state index in [-0.39, 0.29) is 0 Å². The number of nitrogens with zero attached hydrogens (tertiary/aromatic N) is 2. The fourth-order valence-corrected chi connectivity index (χ4v) is 4.22. The molecule has 0 spiro atoms. The first-order valence-corrected chi connectivity index (χ1v) is 12.4. The summed E-state index contributed by atoms with van der Waals surface area (Å²) in [6, 6.07) is 30.1. The van der Waals surface area contributed by atoms with Crippen molar-refractivity contribution in [2.45, 2.75) is 0 Å². The molecular formula is C34H36N2+2. The van der Waals surface area contributed by atoms with Crippen LogP contribution in [0.25, 0.3) is 11.1 Å². The lowest BCUT2D eigenvalue weighted by molar-refractivity contribution is -0.462. The Labute approximate surface area is 216 Å². The molecule has 0 unspecified atom stereocenters. The van der Waals surface area contributed by atoms with Gasteiger partial charge in [-0.3, -0.25) is 4.48 Å². The summed E-state index contributed by atoms with van der Waals surface area (Å²) in [5, 5.41) is 0. The van der Waals surface area contributed by atoms with Crippen LogP contribution in [0.15, 0.2) is 133 Å². The van der Waals surface area contributed by atoms with E-state index in [1.807, 2.05) is 0 Å². The van der Waals surface area contributed by atoms with Gasteiger partial charge < -0.3 is 0 Å². The van der Waals surface area contributed by atoms with Gasteiger partial charge in [0.15, 0.2) is 5.71 Å². The molecule has 0 aliphatic heterocycles. The molecule has 0 aromatic heterocycles. The minimum atomic E-state index is 0.798. The second-order valence-corrected chi connectivity index (χ2v) is 10.1. The van der Waals surface area contributed by atoms with Crippen molar-refractivity contribution in [3.63, 3.8) is 0 Å². The van der Waals surface area contributed by atoms with Gasteiger partial charge >= 0.3 is 0 Å². The molecule has 0 saturated carbocycles. The van der Waals surface area contributed by atoms with Gasteiger partial charge in [0.2, 0.25) is 0 Å². The predicted molar refractivity (Wildman–Crippen MR) is 157 cm³/mol. The van der Waals surface area contributed by atoms with Gasteiger partial charge in [-0.25, -0.2) is 4.58 Å². The second kappa shape index (κ2) is 11.2. The van der Waals surface area contributed by atoms with E-state index in [9.17, 15) is 0 Å². The molecule has 3 aromatic rings. The molecule has 0 bridgehead atoms. The topological polar surface area (TPSA) is 3.01 Å². The molecule has 2 nitrogen and oxygen atoms in total. The molecule has 2 heteroatoms. The summed E-state index contributed by atoms with van der Waals surface area (Å²) in [5.41, 5.74) is 9.69. The van der Waals surface area contributed by atoms with Crippen molar-refractivity contribution in [2.75, 3.05) is 35.2 Å². The molecule has 0 saturated heterocycles. The van der Waals surface area contributed by atoms with E-state index in [2.05, 4.69) is 167 Å². The summed E-state index contributed by atoms with van der Waals surface area (Å²) < 4.78 is 2.92. The molecule has 0 amide bonds. The summed E-state index contributed by atoms with van der Waals surface area (Å²) in [6.07, 6.45) is 15.4. The van der Waals surface area contributed by atoms with Crippen molar-refractivity contribution < 1.29 is 4.58 Å². The van der Waals surface area contributed by atoms with E-state index < -0.39 is 0 Å². The molecule has 0 N–H and O–H groups in total. The SMILES string of the molecule is C[N+](C)=C1C=CC(=C(/C=C/C=C(\c2ccccc2)c2ccc([N+](C)(C)C)cc2)c2ccccc2)C=C1. The Morgan fingerprint density at radius 3 is 1.69 bits per heavy atom. The zero-order valence-corrected chi connectivity index (χ0v) is 22.0. The van der Waals surface area contributed by atoms with E-state index in [1.54, 1.807) is 0 Å². The van der Waals surface area contributed by atoms with Crippen LogP contribution in [0, 0.1) is 0 Å². The number of quaternary nitrogens is 1. The van der Waals surface area contributed by atoms with Crippen molar-refractivity contribution in [1.82, 2.24) is 4.48 Å². The lowest BCUT2D eigenvalue weighted by atomic mass is 9.94. The molecule has 0 radical (unpaired) electrons. The molecule has 3 aromatic carbocycles. The largest absolute Gasteiger partial charge is 0.298 e. The highest BCUT2D eigenvalue weighted by Crippen LogP contribution is 2.28. The van der Waals surface area contributed by atoms with Crippen molar-refractivity contribution >= 4 is 22.5 Å². The van der Waals surface area contributed by atoms with Crippen molar-refractivity contribution in [3.8, 4) is 0 Å². The smallest absolute Gasteiger partial charge is 0.199 e. The van der Waals surface area contributed by atoms with Crippen LogP contribution in [0.5, 0.6) is 0 Å². The summed E-state index contributed by atoms with van der Waals surface area (Å²) in [7, 11) is 10.7. The lowest BCUT2D eigenvalue weighted by Crippen LogP contribution is -2.34. The third-order valence-corrected chi connectivity index (χ3v) is 6.34. The monoisotopic (exact) mass is 472 g/mol. The molecule has 180 valence electrons. The number of hydrogen-bond donors (Lipinski definition) is 0. The van der Waals surface area contributed by atoms with Crippen LogP contribution < -0.4 is 4.48 Å². The number of rotatable bonds is 6. The number of hydrogen-bond acceptors (Lipinski definition) is 0. The molecule has 4 rings (SSSR count). The fourth-order valence-electron chi connectivity index (χ4n) is 4.22. The average Bonchev–Trinajstić information content (AvgIpc) is 2.89. The first-order chi connectivity index (χ1) is 17.3. The lowest BCUT2D eigenvalue weighted by Gasteiger charge is -2.23. The Hall–Kier alpha value is -4.01. The van der Waals surface area contributed by atoms with Crippen LogP contribution in [-0.4, -0.2) is 45.5 Å². The highest BCUT2D eigenvalue weighted by Gasteiger charge is 2.13. The van der Waals surface area contributed by atoms with Crippen LogP contribution in [-0.2, 0) is 0 Å². The molecule has 0 fully saturated rings. The van der Waals surface area contributed by atoms with Crippen LogP contribution >= 0.6 is 0 Å². The zero-order chi connectivity index (χ0) is 25.5. The molecule has 0 heterocycles. The third-order valence-electron chi connectivity index (χ3n) is 6.34. The second-order valence-electron chi connectivity index (χ2n) is 10.1. The molecule has 36 heavy (non-hydrogen) atoms. The molecule has 1 aliphatic rings. The van der Waals surface area contributed by atoms with Crippen LogP contribution in [0.4, 0.5) is 5.69 Å². The Kier molecular flexibility index (Phi) is 7.77. The summed E-state index contributed by atoms with van der Waals surface area (Å²) in [4.78, 5) is 0. The normalized spacial score (nSPS) is 14.0. The highest BCUT2D eigenvalue weighted by molar-refractivity contribution is 6.03. The van der Waals surface area contributed by atoms with Gasteiger partial charge in [0, 0.05) is 12.2 Å². The van der Waals surface area contributed by atoms with E-state index in [4.69, 9.17) is 0 Å². The van der Waals surface area contributed by atoms with E-state index in [1.165, 1.54) is 44.8 Å². The maximum Gasteiger partial charge on any atom is 0.199 e. The standard InChI is InChI=1S/C34H36N2/c1-35(2)31-23-19-29(20-24-31)33(27-13-8-6-9-14-27)17-12-18-34(28-15-10-7-11-16-28)30-21-25-32(26-22-30)36(3,4)5/h6-26H,1-5H3/q+2/b17-12+,34-18+. The molecular weight excluding hydrogens is 436 g/mol. The minimum Gasteiger partial charge on any atom is -0.298 e. The number of allylic oxidation sites excluding steroid dienone is 9. The first kappa shape index (κ1) is 25.1. The van der Waals surface area contributed by atoms with Crippen molar-refractivity contribution in [1.29, 1.82) is 0 Å². The summed E-state index contributed by atoms with van der Waals surface area (Å²) in [5.74, 6) is 0. The average molecular weight is 473 g/mol. The molecule has 1 aliphatic carbocycles. The van der Waals surface area contributed by atoms with Gasteiger partial charge in [-0.2, -0.15) is 0 Å². The van der Waals surface area contributed by atoms with Crippen molar-refractivity contribution in [2.24, 2.45) is 0 Å². The predicted octanol–water partition coefficient (Wildman–Crippen LogP) is 7.16. The van der Waals surface area contributed by atoms with Gasteiger partial charge in [0.05, 0.1) is 21.1 Å². The third kappa shape index (κ3) is 6.16. The van der Waals surface area contributed by atoms with Crippen molar-refractivity contribution in [3.05, 3.63) is 150 Å². The van der Waals surface area contributed by atoms with E-state index >= 15 is 0 Å². The molecule has 0 atom stereocenters. The highest BCUT2D eigenvalue weighted by atomic mass is 15.3. The minimum absolute atomic E-state index is 0.798. The Balaban J connectivity index is 1.76. The van der Waals surface area contributed by atoms with E-state index in [0.29, 0.717) is 0 Å². The van der Waals surface area contributed by atoms with E-state index in [0.717, 1.165) is 4.48 Å². The summed E-state index contributed by atoms with van der Waals surface area (Å²) in [6.45, 7) is 0. The quantitative estimate of drug-likeness (QED) is 0.203. The maximum atomic E-state index is 2.23. The number of benzene rings is 3.